The fourth-order valence-corrected chi connectivity index (χ4v) is 2.84. The molecule has 0 fully saturated rings. The highest BCUT2D eigenvalue weighted by atomic mass is 35.5. The Labute approximate surface area is 195 Å². The summed E-state index contributed by atoms with van der Waals surface area (Å²) >= 11 is 18.4. The Morgan fingerprint density at radius 1 is 0.581 bits per heavy atom. The van der Waals surface area contributed by atoms with Gasteiger partial charge in [-0.2, -0.15) is 15.3 Å². The van der Waals surface area contributed by atoms with Crippen LogP contribution in [0.15, 0.2) is 93.2 Å². The lowest BCUT2D eigenvalue weighted by molar-refractivity contribution is 0.890. The van der Waals surface area contributed by atoms with Crippen molar-refractivity contribution < 1.29 is 0 Å². The number of guanidine groups is 1. The quantitative estimate of drug-likeness (QED) is 0.280. The van der Waals surface area contributed by atoms with Gasteiger partial charge in [-0.05, 0) is 18.2 Å². The predicted molar refractivity (Wildman–Crippen MR) is 131 cm³/mol. The van der Waals surface area contributed by atoms with E-state index in [2.05, 4.69) is 31.3 Å². The minimum atomic E-state index is 0.176. The minimum absolute atomic E-state index is 0.176. The average Bonchev–Trinajstić information content (AvgIpc) is 2.77. The van der Waals surface area contributed by atoms with Gasteiger partial charge in [0.05, 0.1) is 18.6 Å². The standard InChI is InChI=1S/C22H17Cl3N6/c23-19-10-4-1-7-16(19)13-26-29-22(30-27-14-17-8-2-5-11-20(17)24)31-28-15-18-9-3-6-12-21(18)25/h1-15H,(H2,29,30,31). The van der Waals surface area contributed by atoms with Crippen LogP contribution in [0.1, 0.15) is 16.7 Å². The number of benzene rings is 3. The zero-order chi connectivity index (χ0) is 21.9. The largest absolute Gasteiger partial charge is 0.257 e. The zero-order valence-electron chi connectivity index (χ0n) is 16.1. The molecule has 0 aliphatic carbocycles. The van der Waals surface area contributed by atoms with Crippen LogP contribution >= 0.6 is 34.8 Å². The van der Waals surface area contributed by atoms with Crippen LogP contribution in [0.25, 0.3) is 0 Å². The molecular weight excluding hydrogens is 455 g/mol. The van der Waals surface area contributed by atoms with E-state index in [1.54, 1.807) is 30.6 Å². The molecule has 0 saturated carbocycles. The molecule has 3 rings (SSSR count). The van der Waals surface area contributed by atoms with Gasteiger partial charge in [0.25, 0.3) is 5.96 Å². The molecule has 0 aliphatic rings. The van der Waals surface area contributed by atoms with Gasteiger partial charge in [-0.25, -0.2) is 10.9 Å². The van der Waals surface area contributed by atoms with Crippen molar-refractivity contribution in [2.75, 3.05) is 0 Å². The molecule has 0 aromatic heterocycles. The fourth-order valence-electron chi connectivity index (χ4n) is 2.28. The first-order valence-electron chi connectivity index (χ1n) is 9.06. The Bertz CT molecular complexity index is 1080. The van der Waals surface area contributed by atoms with E-state index >= 15 is 0 Å². The summed E-state index contributed by atoms with van der Waals surface area (Å²) in [7, 11) is 0. The number of rotatable bonds is 6. The van der Waals surface area contributed by atoms with Crippen LogP contribution in [0.2, 0.25) is 15.1 Å². The van der Waals surface area contributed by atoms with Crippen molar-refractivity contribution in [2.45, 2.75) is 0 Å². The molecule has 31 heavy (non-hydrogen) atoms. The molecule has 9 heteroatoms. The Balaban J connectivity index is 1.75. The summed E-state index contributed by atoms with van der Waals surface area (Å²) in [6, 6.07) is 21.9. The third-order valence-electron chi connectivity index (χ3n) is 3.82. The van der Waals surface area contributed by atoms with E-state index in [-0.39, 0.29) is 5.96 Å². The van der Waals surface area contributed by atoms with Gasteiger partial charge in [0.15, 0.2) is 0 Å². The lowest BCUT2D eigenvalue weighted by atomic mass is 10.2. The van der Waals surface area contributed by atoms with Crippen LogP contribution in [-0.4, -0.2) is 24.6 Å². The average molecular weight is 472 g/mol. The van der Waals surface area contributed by atoms with Crippen molar-refractivity contribution >= 4 is 59.4 Å². The monoisotopic (exact) mass is 470 g/mol. The molecule has 3 aromatic carbocycles. The molecule has 0 heterocycles. The van der Waals surface area contributed by atoms with Crippen LogP contribution in [0.5, 0.6) is 0 Å². The minimum Gasteiger partial charge on any atom is -0.244 e. The van der Waals surface area contributed by atoms with Crippen molar-refractivity contribution in [3.8, 4) is 0 Å². The molecule has 0 saturated heterocycles. The molecule has 0 atom stereocenters. The number of nitrogens with zero attached hydrogens (tertiary/aromatic N) is 4. The molecule has 3 aromatic rings. The second-order valence-corrected chi connectivity index (χ2v) is 7.22. The van der Waals surface area contributed by atoms with Crippen LogP contribution < -0.4 is 10.9 Å². The fraction of sp³-hybridized carbons (Fsp3) is 0. The Hall–Kier alpha value is -3.19. The van der Waals surface area contributed by atoms with E-state index in [1.165, 1.54) is 6.21 Å². The number of hydrogen-bond acceptors (Lipinski definition) is 4. The highest BCUT2D eigenvalue weighted by molar-refractivity contribution is 6.33. The molecule has 0 spiro atoms. The van der Waals surface area contributed by atoms with E-state index < -0.39 is 0 Å². The van der Waals surface area contributed by atoms with Gasteiger partial charge in [-0.1, -0.05) is 89.4 Å². The first-order chi connectivity index (χ1) is 15.1. The maximum atomic E-state index is 6.14. The smallest absolute Gasteiger partial charge is 0.244 e. The maximum Gasteiger partial charge on any atom is 0.257 e. The van der Waals surface area contributed by atoms with Crippen molar-refractivity contribution in [3.05, 3.63) is 105 Å². The molecule has 0 bridgehead atoms. The van der Waals surface area contributed by atoms with Gasteiger partial charge in [0, 0.05) is 31.8 Å². The van der Waals surface area contributed by atoms with E-state index in [1.807, 2.05) is 54.6 Å². The number of nitrogens with one attached hydrogen (secondary N) is 2. The lowest BCUT2D eigenvalue weighted by Gasteiger charge is -2.03. The summed E-state index contributed by atoms with van der Waals surface area (Å²) < 4.78 is 0. The predicted octanol–water partition coefficient (Wildman–Crippen LogP) is 5.58. The van der Waals surface area contributed by atoms with Gasteiger partial charge in [0.2, 0.25) is 0 Å². The summed E-state index contributed by atoms with van der Waals surface area (Å²) in [5, 5.41) is 18.1. The molecule has 156 valence electrons. The first-order valence-corrected chi connectivity index (χ1v) is 10.2. The lowest BCUT2D eigenvalue weighted by Crippen LogP contribution is -2.30. The van der Waals surface area contributed by atoms with Gasteiger partial charge in [0.1, 0.15) is 0 Å². The summed E-state index contributed by atoms with van der Waals surface area (Å²) in [5.74, 6) is 0.176. The van der Waals surface area contributed by atoms with E-state index in [9.17, 15) is 0 Å². The number of hydrazone groups is 2. The van der Waals surface area contributed by atoms with Gasteiger partial charge >= 0.3 is 0 Å². The third-order valence-corrected chi connectivity index (χ3v) is 4.85. The van der Waals surface area contributed by atoms with E-state index in [0.717, 1.165) is 16.7 Å². The maximum absolute atomic E-state index is 6.14. The highest BCUT2D eigenvalue weighted by Gasteiger charge is 1.99. The second-order valence-electron chi connectivity index (χ2n) is 6.00. The Morgan fingerprint density at radius 2 is 0.968 bits per heavy atom. The molecule has 0 radical (unpaired) electrons. The summed E-state index contributed by atoms with van der Waals surface area (Å²) in [5.41, 5.74) is 7.73. The molecule has 0 amide bonds. The molecular formula is C22H17Cl3N6. The second kappa shape index (κ2) is 11.9. The normalized spacial score (nSPS) is 11.3. The molecule has 2 N–H and O–H groups in total. The van der Waals surface area contributed by atoms with Gasteiger partial charge in [-0.15, -0.1) is 5.10 Å². The van der Waals surface area contributed by atoms with E-state index in [0.29, 0.717) is 15.1 Å². The van der Waals surface area contributed by atoms with Crippen molar-refractivity contribution in [1.82, 2.24) is 10.9 Å². The Morgan fingerprint density at radius 3 is 1.39 bits per heavy atom. The molecule has 6 nitrogen and oxygen atoms in total. The first kappa shape index (κ1) is 22.5. The van der Waals surface area contributed by atoms with Crippen LogP contribution in [0.4, 0.5) is 0 Å². The van der Waals surface area contributed by atoms with Crippen LogP contribution in [0, 0.1) is 0 Å². The Kier molecular flexibility index (Phi) is 8.60. The van der Waals surface area contributed by atoms with Gasteiger partial charge in [-0.3, -0.25) is 0 Å². The van der Waals surface area contributed by atoms with Crippen molar-refractivity contribution in [3.63, 3.8) is 0 Å². The van der Waals surface area contributed by atoms with Gasteiger partial charge < -0.3 is 0 Å². The van der Waals surface area contributed by atoms with Crippen molar-refractivity contribution in [1.29, 1.82) is 0 Å². The third kappa shape index (κ3) is 7.22. The zero-order valence-corrected chi connectivity index (χ0v) is 18.4. The summed E-state index contributed by atoms with van der Waals surface area (Å²) in [6.07, 6.45) is 4.66. The van der Waals surface area contributed by atoms with Crippen molar-refractivity contribution in [2.24, 2.45) is 20.4 Å². The number of halogens is 3. The SMILES string of the molecule is Clc1ccccc1C=NN=C(NN=Cc1ccccc1Cl)NN=Cc1ccccc1Cl. The topological polar surface area (TPSA) is 73.5 Å². The number of hydrogen-bond donors (Lipinski definition) is 2. The van der Waals surface area contributed by atoms with E-state index in [4.69, 9.17) is 34.8 Å². The molecule has 0 unspecified atom stereocenters. The molecule has 0 aliphatic heterocycles. The highest BCUT2D eigenvalue weighted by Crippen LogP contribution is 2.13. The summed E-state index contributed by atoms with van der Waals surface area (Å²) in [6.45, 7) is 0. The summed E-state index contributed by atoms with van der Waals surface area (Å²) in [4.78, 5) is 0. The van der Waals surface area contributed by atoms with Crippen LogP contribution in [0.3, 0.4) is 0 Å². The van der Waals surface area contributed by atoms with Crippen LogP contribution in [-0.2, 0) is 0 Å².